The van der Waals surface area contributed by atoms with Gasteiger partial charge in [0, 0.05) is 24.2 Å². The summed E-state index contributed by atoms with van der Waals surface area (Å²) in [6, 6.07) is 5.52. The number of anilines is 2. The highest BCUT2D eigenvalue weighted by Crippen LogP contribution is 2.27. The van der Waals surface area contributed by atoms with Gasteiger partial charge in [0.2, 0.25) is 5.91 Å². The van der Waals surface area contributed by atoms with E-state index in [2.05, 4.69) is 10.6 Å². The largest absolute Gasteiger partial charge is 0.461 e. The predicted molar refractivity (Wildman–Crippen MR) is 75.6 cm³/mol. The summed E-state index contributed by atoms with van der Waals surface area (Å²) in [6.07, 6.45) is 2.94. The van der Waals surface area contributed by atoms with Gasteiger partial charge in [-0.25, -0.2) is 4.79 Å². The minimum atomic E-state index is -0.275. The highest BCUT2D eigenvalue weighted by molar-refractivity contribution is 5.92. The summed E-state index contributed by atoms with van der Waals surface area (Å²) in [5, 5.41) is 6.12. The number of rotatable bonds is 2. The first kappa shape index (κ1) is 13.0. The Labute approximate surface area is 117 Å². The summed E-state index contributed by atoms with van der Waals surface area (Å²) in [6.45, 7) is 1.89. The van der Waals surface area contributed by atoms with Crippen molar-refractivity contribution < 1.29 is 14.3 Å². The van der Waals surface area contributed by atoms with E-state index in [1.165, 1.54) is 0 Å². The number of aryl methyl sites for hydroxylation is 1. The third kappa shape index (κ3) is 2.61. The van der Waals surface area contributed by atoms with Crippen molar-refractivity contribution in [3.8, 4) is 0 Å². The van der Waals surface area contributed by atoms with E-state index < -0.39 is 0 Å². The lowest BCUT2D eigenvalue weighted by atomic mass is 10.1. The van der Waals surface area contributed by atoms with E-state index in [9.17, 15) is 9.59 Å². The summed E-state index contributed by atoms with van der Waals surface area (Å²) in [5.74, 6) is -0.126. The molecule has 1 aromatic carbocycles. The highest BCUT2D eigenvalue weighted by Gasteiger charge is 2.31. The molecule has 1 aromatic rings. The van der Waals surface area contributed by atoms with Gasteiger partial charge in [-0.1, -0.05) is 0 Å². The van der Waals surface area contributed by atoms with Crippen molar-refractivity contribution in [1.29, 1.82) is 0 Å². The van der Waals surface area contributed by atoms with Crippen LogP contribution in [0.2, 0.25) is 0 Å². The van der Waals surface area contributed by atoms with Crippen molar-refractivity contribution in [2.45, 2.75) is 44.8 Å². The van der Waals surface area contributed by atoms with Crippen LogP contribution in [-0.2, 0) is 20.7 Å². The Morgan fingerprint density at radius 2 is 2.15 bits per heavy atom. The summed E-state index contributed by atoms with van der Waals surface area (Å²) >= 11 is 0. The smallest absolute Gasteiger partial charge is 0.328 e. The molecule has 2 N–H and O–H groups in total. The van der Waals surface area contributed by atoms with Crippen molar-refractivity contribution in [1.82, 2.24) is 0 Å². The SMILES string of the molecule is C[C@@H]1C[C@H](Nc2ccc3c(c2)CCCC(=O)N3)C(=O)O1. The number of ether oxygens (including phenoxy) is 1. The molecule has 3 rings (SSSR count). The van der Waals surface area contributed by atoms with Crippen LogP contribution in [0.25, 0.3) is 0 Å². The number of benzene rings is 1. The van der Waals surface area contributed by atoms with Crippen LogP contribution in [0.5, 0.6) is 0 Å². The van der Waals surface area contributed by atoms with Gasteiger partial charge in [-0.2, -0.15) is 0 Å². The Hall–Kier alpha value is -2.04. The molecule has 2 atom stereocenters. The summed E-state index contributed by atoms with van der Waals surface area (Å²) < 4.78 is 5.13. The summed E-state index contributed by atoms with van der Waals surface area (Å²) in [5.41, 5.74) is 2.89. The third-order valence-corrected chi connectivity index (χ3v) is 3.74. The molecule has 2 heterocycles. The Bertz CT molecular complexity index is 556. The van der Waals surface area contributed by atoms with Crippen LogP contribution in [-0.4, -0.2) is 24.0 Å². The molecule has 0 unspecified atom stereocenters. The normalized spacial score (nSPS) is 25.4. The van der Waals surface area contributed by atoms with Gasteiger partial charge in [0.25, 0.3) is 0 Å². The Kier molecular flexibility index (Phi) is 3.34. The maximum absolute atomic E-state index is 11.6. The quantitative estimate of drug-likeness (QED) is 0.810. The van der Waals surface area contributed by atoms with Crippen molar-refractivity contribution in [2.75, 3.05) is 10.6 Å². The molecule has 0 aliphatic carbocycles. The van der Waals surface area contributed by atoms with Crippen LogP contribution in [0.4, 0.5) is 11.4 Å². The van der Waals surface area contributed by atoms with Gasteiger partial charge < -0.3 is 15.4 Å². The number of esters is 1. The minimum absolute atomic E-state index is 0.0277. The van der Waals surface area contributed by atoms with Gasteiger partial charge in [-0.3, -0.25) is 4.79 Å². The number of carbonyl (C=O) groups excluding carboxylic acids is 2. The summed E-state index contributed by atoms with van der Waals surface area (Å²) in [7, 11) is 0. The number of amides is 1. The Balaban J connectivity index is 1.77. The molecule has 5 nitrogen and oxygen atoms in total. The first-order chi connectivity index (χ1) is 9.61. The fourth-order valence-electron chi connectivity index (χ4n) is 2.74. The lowest BCUT2D eigenvalue weighted by molar-refractivity contribution is -0.141. The van der Waals surface area contributed by atoms with Crippen molar-refractivity contribution >= 4 is 23.3 Å². The monoisotopic (exact) mass is 274 g/mol. The van der Waals surface area contributed by atoms with E-state index in [-0.39, 0.29) is 24.0 Å². The zero-order valence-electron chi connectivity index (χ0n) is 11.4. The van der Waals surface area contributed by atoms with E-state index in [0.717, 1.165) is 29.8 Å². The first-order valence-corrected chi connectivity index (χ1v) is 7.01. The number of cyclic esters (lactones) is 1. The second kappa shape index (κ2) is 5.15. The van der Waals surface area contributed by atoms with E-state index >= 15 is 0 Å². The van der Waals surface area contributed by atoms with Gasteiger partial charge in [0.05, 0.1) is 0 Å². The standard InChI is InChI=1S/C15H18N2O3/c1-9-7-13(15(19)20-9)16-11-5-6-12-10(8-11)3-2-4-14(18)17-12/h5-6,8-9,13,16H,2-4,7H2,1H3,(H,17,18)/t9-,13+/m1/s1. The molecule has 2 aliphatic heterocycles. The van der Waals surface area contributed by atoms with Gasteiger partial charge in [0.15, 0.2) is 0 Å². The van der Waals surface area contributed by atoms with Crippen molar-refractivity contribution in [2.24, 2.45) is 0 Å². The van der Waals surface area contributed by atoms with Crippen LogP contribution in [0.15, 0.2) is 18.2 Å². The maximum Gasteiger partial charge on any atom is 0.328 e. The van der Waals surface area contributed by atoms with Crippen LogP contribution < -0.4 is 10.6 Å². The first-order valence-electron chi connectivity index (χ1n) is 7.01. The molecule has 0 radical (unpaired) electrons. The van der Waals surface area contributed by atoms with Crippen LogP contribution in [0.3, 0.4) is 0 Å². The molecule has 1 fully saturated rings. The molecule has 0 bridgehead atoms. The molecular weight excluding hydrogens is 256 g/mol. The molecule has 0 aromatic heterocycles. The maximum atomic E-state index is 11.6. The third-order valence-electron chi connectivity index (χ3n) is 3.74. The molecule has 0 spiro atoms. The Morgan fingerprint density at radius 1 is 1.30 bits per heavy atom. The van der Waals surface area contributed by atoms with Crippen LogP contribution >= 0.6 is 0 Å². The number of carbonyl (C=O) groups is 2. The van der Waals surface area contributed by atoms with Crippen LogP contribution in [0, 0.1) is 0 Å². The second-order valence-electron chi connectivity index (χ2n) is 5.45. The molecule has 5 heteroatoms. The second-order valence-corrected chi connectivity index (χ2v) is 5.45. The molecule has 106 valence electrons. The average molecular weight is 274 g/mol. The van der Waals surface area contributed by atoms with Gasteiger partial charge >= 0.3 is 5.97 Å². The Morgan fingerprint density at radius 3 is 2.90 bits per heavy atom. The number of fused-ring (bicyclic) bond motifs is 1. The minimum Gasteiger partial charge on any atom is -0.461 e. The molecule has 20 heavy (non-hydrogen) atoms. The van der Waals surface area contributed by atoms with Crippen molar-refractivity contribution in [3.05, 3.63) is 23.8 Å². The van der Waals surface area contributed by atoms with E-state index in [1.54, 1.807) is 0 Å². The zero-order valence-corrected chi connectivity index (χ0v) is 11.4. The van der Waals surface area contributed by atoms with Gasteiger partial charge in [-0.05, 0) is 43.5 Å². The van der Waals surface area contributed by atoms with E-state index in [1.807, 2.05) is 25.1 Å². The topological polar surface area (TPSA) is 67.4 Å². The molecule has 1 saturated heterocycles. The number of hydrogen-bond donors (Lipinski definition) is 2. The van der Waals surface area contributed by atoms with E-state index in [4.69, 9.17) is 4.74 Å². The fourth-order valence-corrected chi connectivity index (χ4v) is 2.74. The lowest BCUT2D eigenvalue weighted by Crippen LogP contribution is -2.24. The highest BCUT2D eigenvalue weighted by atomic mass is 16.6. The molecule has 0 saturated carbocycles. The number of nitrogens with one attached hydrogen (secondary N) is 2. The molecule has 1 amide bonds. The summed E-state index contributed by atoms with van der Waals surface area (Å²) in [4.78, 5) is 23.1. The van der Waals surface area contributed by atoms with Crippen LogP contribution in [0.1, 0.15) is 31.7 Å². The average Bonchev–Trinajstić information content (AvgIpc) is 2.59. The van der Waals surface area contributed by atoms with E-state index in [0.29, 0.717) is 12.8 Å². The number of hydrogen-bond acceptors (Lipinski definition) is 4. The van der Waals surface area contributed by atoms with Gasteiger partial charge in [0.1, 0.15) is 12.1 Å². The van der Waals surface area contributed by atoms with Crippen molar-refractivity contribution in [3.63, 3.8) is 0 Å². The fraction of sp³-hybridized carbons (Fsp3) is 0.467. The zero-order chi connectivity index (χ0) is 14.1. The lowest BCUT2D eigenvalue weighted by Gasteiger charge is -2.13. The predicted octanol–water partition coefficient (Wildman–Crippen LogP) is 2.08. The molecule has 2 aliphatic rings. The van der Waals surface area contributed by atoms with Gasteiger partial charge in [-0.15, -0.1) is 0 Å². The molecular formula is C15H18N2O3.